The fraction of sp³-hybridized carbons (Fsp3) is 0.143. The molecule has 0 spiro atoms. The van der Waals surface area contributed by atoms with E-state index in [1.54, 1.807) is 24.5 Å². The molecule has 0 unspecified atom stereocenters. The van der Waals surface area contributed by atoms with Crippen LogP contribution >= 0.6 is 0 Å². The summed E-state index contributed by atoms with van der Waals surface area (Å²) < 4.78 is 10.4. The smallest absolute Gasteiger partial charge is 0.316 e. The molecular weight excluding hydrogens is 288 g/mol. The standard InChI is InChI=1S/C14H16N4O4/c1-21-9-5-10(17-13(19)8-3-4-16-7-8)12(22-2)11(6-9)18-14(15)20/h3-7,16H,1-2H3,(H,17,19)(H3,15,18,20). The predicted molar refractivity (Wildman–Crippen MR) is 81.5 cm³/mol. The van der Waals surface area contributed by atoms with Crippen molar-refractivity contribution in [1.82, 2.24) is 4.98 Å². The van der Waals surface area contributed by atoms with Gasteiger partial charge in [-0.3, -0.25) is 4.79 Å². The molecule has 0 saturated carbocycles. The van der Waals surface area contributed by atoms with Crippen molar-refractivity contribution in [2.45, 2.75) is 0 Å². The third-order valence-corrected chi connectivity index (χ3v) is 2.87. The van der Waals surface area contributed by atoms with Crippen LogP contribution in [0.25, 0.3) is 0 Å². The van der Waals surface area contributed by atoms with E-state index in [0.29, 0.717) is 22.7 Å². The summed E-state index contributed by atoms with van der Waals surface area (Å²) in [6, 6.07) is 3.99. The second-order valence-electron chi connectivity index (χ2n) is 4.30. The van der Waals surface area contributed by atoms with E-state index in [1.807, 2.05) is 0 Å². The molecule has 0 aliphatic carbocycles. The summed E-state index contributed by atoms with van der Waals surface area (Å²) in [5, 5.41) is 5.12. The Balaban J connectivity index is 2.39. The monoisotopic (exact) mass is 304 g/mol. The zero-order chi connectivity index (χ0) is 16.1. The van der Waals surface area contributed by atoms with Crippen LogP contribution in [0.4, 0.5) is 16.2 Å². The van der Waals surface area contributed by atoms with Gasteiger partial charge in [0.25, 0.3) is 5.91 Å². The average Bonchev–Trinajstić information content (AvgIpc) is 3.00. The van der Waals surface area contributed by atoms with Crippen LogP contribution in [0.3, 0.4) is 0 Å². The van der Waals surface area contributed by atoms with E-state index in [-0.39, 0.29) is 11.7 Å². The van der Waals surface area contributed by atoms with Crippen LogP contribution in [0.1, 0.15) is 10.4 Å². The van der Waals surface area contributed by atoms with E-state index in [4.69, 9.17) is 15.2 Å². The molecule has 0 saturated heterocycles. The fourth-order valence-electron chi connectivity index (χ4n) is 1.92. The molecule has 1 aromatic carbocycles. The lowest BCUT2D eigenvalue weighted by Crippen LogP contribution is -2.20. The Kier molecular flexibility index (Phi) is 4.52. The van der Waals surface area contributed by atoms with E-state index in [9.17, 15) is 9.59 Å². The molecule has 1 aromatic heterocycles. The number of primary amides is 1. The Bertz CT molecular complexity index is 682. The number of anilines is 2. The highest BCUT2D eigenvalue weighted by Crippen LogP contribution is 2.37. The lowest BCUT2D eigenvalue weighted by atomic mass is 10.2. The fourth-order valence-corrected chi connectivity index (χ4v) is 1.92. The highest BCUT2D eigenvalue weighted by Gasteiger charge is 2.16. The number of methoxy groups -OCH3 is 2. The molecule has 22 heavy (non-hydrogen) atoms. The van der Waals surface area contributed by atoms with Gasteiger partial charge in [0.1, 0.15) is 5.75 Å². The number of urea groups is 1. The lowest BCUT2D eigenvalue weighted by molar-refractivity contribution is 0.102. The number of aromatic nitrogens is 1. The number of benzene rings is 1. The maximum Gasteiger partial charge on any atom is 0.316 e. The maximum atomic E-state index is 12.1. The quantitative estimate of drug-likeness (QED) is 0.673. The Labute approximate surface area is 126 Å². The Morgan fingerprint density at radius 3 is 2.32 bits per heavy atom. The normalized spacial score (nSPS) is 9.91. The van der Waals surface area contributed by atoms with Crippen LogP contribution in [-0.4, -0.2) is 31.1 Å². The van der Waals surface area contributed by atoms with Gasteiger partial charge < -0.3 is 30.8 Å². The number of H-pyrrole nitrogens is 1. The second-order valence-corrected chi connectivity index (χ2v) is 4.30. The molecule has 8 heteroatoms. The van der Waals surface area contributed by atoms with Crippen molar-refractivity contribution < 1.29 is 19.1 Å². The van der Waals surface area contributed by atoms with Gasteiger partial charge in [0.05, 0.1) is 31.2 Å². The molecule has 0 bridgehead atoms. The summed E-state index contributed by atoms with van der Waals surface area (Å²) in [5.41, 5.74) is 6.22. The molecule has 0 fully saturated rings. The molecule has 3 amide bonds. The van der Waals surface area contributed by atoms with Crippen molar-refractivity contribution in [3.05, 3.63) is 36.2 Å². The molecular formula is C14H16N4O4. The highest BCUT2D eigenvalue weighted by atomic mass is 16.5. The van der Waals surface area contributed by atoms with Gasteiger partial charge in [0, 0.05) is 24.5 Å². The van der Waals surface area contributed by atoms with Gasteiger partial charge in [-0.05, 0) is 6.07 Å². The summed E-state index contributed by atoms with van der Waals surface area (Å²) in [7, 11) is 2.88. The first-order chi connectivity index (χ1) is 10.5. The summed E-state index contributed by atoms with van der Waals surface area (Å²) >= 11 is 0. The van der Waals surface area contributed by atoms with Crippen LogP contribution in [-0.2, 0) is 0 Å². The largest absolute Gasteiger partial charge is 0.497 e. The molecule has 2 rings (SSSR count). The van der Waals surface area contributed by atoms with E-state index in [2.05, 4.69) is 15.6 Å². The Morgan fingerprint density at radius 2 is 1.82 bits per heavy atom. The Hall–Kier alpha value is -3.16. The Morgan fingerprint density at radius 1 is 1.14 bits per heavy atom. The first kappa shape index (κ1) is 15.2. The van der Waals surface area contributed by atoms with Gasteiger partial charge in [-0.2, -0.15) is 0 Å². The molecule has 2 aromatic rings. The third-order valence-electron chi connectivity index (χ3n) is 2.87. The number of carbonyl (C=O) groups excluding carboxylic acids is 2. The number of hydrogen-bond donors (Lipinski definition) is 4. The van der Waals surface area contributed by atoms with Crippen LogP contribution in [0.2, 0.25) is 0 Å². The van der Waals surface area contributed by atoms with E-state index in [0.717, 1.165) is 0 Å². The highest BCUT2D eigenvalue weighted by molar-refractivity contribution is 6.06. The topological polar surface area (TPSA) is 118 Å². The number of rotatable bonds is 5. The number of nitrogens with two attached hydrogens (primary N) is 1. The van der Waals surface area contributed by atoms with Gasteiger partial charge in [-0.15, -0.1) is 0 Å². The number of hydrogen-bond acceptors (Lipinski definition) is 4. The summed E-state index contributed by atoms with van der Waals surface area (Å²) in [6.07, 6.45) is 3.20. The van der Waals surface area contributed by atoms with E-state index >= 15 is 0 Å². The first-order valence-corrected chi connectivity index (χ1v) is 6.31. The van der Waals surface area contributed by atoms with Gasteiger partial charge in [-0.1, -0.05) is 0 Å². The lowest BCUT2D eigenvalue weighted by Gasteiger charge is -2.16. The average molecular weight is 304 g/mol. The number of carbonyl (C=O) groups is 2. The number of nitrogens with one attached hydrogen (secondary N) is 3. The van der Waals surface area contributed by atoms with Crippen LogP contribution in [0.5, 0.6) is 11.5 Å². The van der Waals surface area contributed by atoms with Crippen LogP contribution < -0.4 is 25.8 Å². The van der Waals surface area contributed by atoms with Gasteiger partial charge in [-0.25, -0.2) is 4.79 Å². The van der Waals surface area contributed by atoms with E-state index < -0.39 is 6.03 Å². The molecule has 0 aliphatic heterocycles. The van der Waals surface area contributed by atoms with Gasteiger partial charge >= 0.3 is 6.03 Å². The first-order valence-electron chi connectivity index (χ1n) is 6.31. The summed E-state index contributed by atoms with van der Waals surface area (Å²) in [5.74, 6) is 0.357. The van der Waals surface area contributed by atoms with Crippen molar-refractivity contribution in [2.75, 3.05) is 24.9 Å². The second kappa shape index (κ2) is 6.53. The minimum Gasteiger partial charge on any atom is -0.497 e. The molecule has 0 aliphatic rings. The molecule has 8 nitrogen and oxygen atoms in total. The summed E-state index contributed by atoms with van der Waals surface area (Å²) in [6.45, 7) is 0. The minimum absolute atomic E-state index is 0.267. The van der Waals surface area contributed by atoms with E-state index in [1.165, 1.54) is 20.3 Å². The number of ether oxygens (including phenoxy) is 2. The summed E-state index contributed by atoms with van der Waals surface area (Å²) in [4.78, 5) is 26.0. The zero-order valence-electron chi connectivity index (χ0n) is 12.1. The minimum atomic E-state index is -0.755. The van der Waals surface area contributed by atoms with Gasteiger partial charge in [0.15, 0.2) is 5.75 Å². The molecule has 116 valence electrons. The third kappa shape index (κ3) is 3.29. The van der Waals surface area contributed by atoms with Crippen molar-refractivity contribution in [2.24, 2.45) is 5.73 Å². The van der Waals surface area contributed by atoms with Crippen molar-refractivity contribution in [3.63, 3.8) is 0 Å². The van der Waals surface area contributed by atoms with Gasteiger partial charge in [0.2, 0.25) is 0 Å². The molecule has 0 radical (unpaired) electrons. The van der Waals surface area contributed by atoms with Crippen LogP contribution in [0.15, 0.2) is 30.6 Å². The molecule has 0 atom stereocenters. The zero-order valence-corrected chi connectivity index (χ0v) is 12.1. The maximum absolute atomic E-state index is 12.1. The van der Waals surface area contributed by atoms with Crippen molar-refractivity contribution in [3.8, 4) is 11.5 Å². The number of aromatic amines is 1. The van der Waals surface area contributed by atoms with Crippen molar-refractivity contribution >= 4 is 23.3 Å². The predicted octanol–water partition coefficient (Wildman–Crippen LogP) is 1.77. The molecule has 1 heterocycles. The molecule has 5 N–H and O–H groups in total. The SMILES string of the molecule is COc1cc(NC(N)=O)c(OC)c(NC(=O)c2cc[nH]c2)c1. The van der Waals surface area contributed by atoms with Crippen molar-refractivity contribution in [1.29, 1.82) is 0 Å². The van der Waals surface area contributed by atoms with Crippen LogP contribution in [0, 0.1) is 0 Å². The number of amides is 3.